The van der Waals surface area contributed by atoms with Crippen LogP contribution in [0.1, 0.15) is 16.8 Å². The minimum Gasteiger partial charge on any atom is -0.497 e. The van der Waals surface area contributed by atoms with Crippen molar-refractivity contribution < 1.29 is 14.6 Å². The van der Waals surface area contributed by atoms with Gasteiger partial charge in [-0.3, -0.25) is 9.78 Å². The Balaban J connectivity index is 2.16. The number of rotatable bonds is 7. The number of nitrogens with zero attached hydrogens (tertiary/aromatic N) is 2. The Bertz CT molecular complexity index is 786. The fraction of sp³-hybridized carbons (Fsp3) is 0.312. The van der Waals surface area contributed by atoms with Crippen LogP contribution in [-0.2, 0) is 6.42 Å². The highest BCUT2D eigenvalue weighted by Crippen LogP contribution is 2.23. The summed E-state index contributed by atoms with van der Waals surface area (Å²) in [5.41, 5.74) is 4.13. The topological polar surface area (TPSA) is 109 Å². The van der Waals surface area contributed by atoms with Gasteiger partial charge in [0.25, 0.3) is 5.56 Å². The molecule has 0 aliphatic carbocycles. The van der Waals surface area contributed by atoms with Gasteiger partial charge in [0, 0.05) is 30.2 Å². The average molecular weight is 332 g/mol. The summed E-state index contributed by atoms with van der Waals surface area (Å²) in [5, 5.41) is 13.0. The van der Waals surface area contributed by atoms with Crippen molar-refractivity contribution in [3.05, 3.63) is 45.4 Å². The fourth-order valence-electron chi connectivity index (χ4n) is 2.16. The third-order valence-electron chi connectivity index (χ3n) is 3.40. The third kappa shape index (κ3) is 4.11. The van der Waals surface area contributed by atoms with Crippen LogP contribution >= 0.6 is 0 Å². The lowest BCUT2D eigenvalue weighted by molar-refractivity contribution is 0.298. The number of H-pyrrole nitrogens is 1. The molecule has 0 saturated carbocycles. The maximum Gasteiger partial charge on any atom is 0.255 e. The number of aliphatic hydroxyl groups excluding tert-OH is 1. The van der Waals surface area contributed by atoms with E-state index < -0.39 is 0 Å². The maximum absolute atomic E-state index is 11.9. The summed E-state index contributed by atoms with van der Waals surface area (Å²) in [6, 6.07) is 5.34. The van der Waals surface area contributed by atoms with Crippen molar-refractivity contribution in [2.75, 3.05) is 26.3 Å². The molecule has 2 aromatic rings. The Kier molecular flexibility index (Phi) is 5.91. The van der Waals surface area contributed by atoms with Gasteiger partial charge in [0.15, 0.2) is 0 Å². The molecule has 0 spiro atoms. The van der Waals surface area contributed by atoms with Crippen molar-refractivity contribution in [1.82, 2.24) is 9.97 Å². The van der Waals surface area contributed by atoms with E-state index in [-0.39, 0.29) is 24.5 Å². The van der Waals surface area contributed by atoms with E-state index in [4.69, 9.17) is 14.6 Å². The highest BCUT2D eigenvalue weighted by Gasteiger charge is 2.07. The van der Waals surface area contributed by atoms with Crippen molar-refractivity contribution >= 4 is 12.2 Å². The second-order valence-corrected chi connectivity index (χ2v) is 4.93. The molecule has 2 rings (SSSR count). The maximum atomic E-state index is 11.9. The molecule has 0 saturated heterocycles. The lowest BCUT2D eigenvalue weighted by Crippen LogP contribution is -2.19. The number of aliphatic hydroxyl groups is 1. The van der Waals surface area contributed by atoms with Crippen LogP contribution in [0.5, 0.6) is 11.5 Å². The number of hydrogen-bond donors (Lipinski definition) is 3. The SMILES string of the molecule is COc1ccc(/C=N\Nc2nc(C)c(CCO)c(=O)[nH]2)c(OC)c1. The molecular formula is C16H20N4O4. The summed E-state index contributed by atoms with van der Waals surface area (Å²) >= 11 is 0. The summed E-state index contributed by atoms with van der Waals surface area (Å²) in [6.45, 7) is 1.61. The Labute approximate surface area is 139 Å². The van der Waals surface area contributed by atoms with Gasteiger partial charge in [-0.05, 0) is 19.1 Å². The number of aryl methyl sites for hydroxylation is 1. The molecule has 1 aromatic carbocycles. The first-order valence-corrected chi connectivity index (χ1v) is 7.30. The standard InChI is InChI=1S/C16H20N4O4/c1-10-13(6-7-21)15(22)19-16(18-10)20-17-9-11-4-5-12(23-2)8-14(11)24-3/h4-5,8-9,21H,6-7H2,1-3H3,(H2,18,19,20,22)/b17-9-. The molecule has 0 aliphatic rings. The quantitative estimate of drug-likeness (QED) is 0.517. The summed E-state index contributed by atoms with van der Waals surface area (Å²) in [7, 11) is 3.14. The largest absolute Gasteiger partial charge is 0.497 e. The van der Waals surface area contributed by atoms with Gasteiger partial charge >= 0.3 is 0 Å². The summed E-state index contributed by atoms with van der Waals surface area (Å²) in [6.07, 6.45) is 1.82. The van der Waals surface area contributed by atoms with Crippen molar-refractivity contribution in [2.24, 2.45) is 5.10 Å². The van der Waals surface area contributed by atoms with E-state index in [0.29, 0.717) is 22.8 Å². The molecule has 0 unspecified atom stereocenters. The summed E-state index contributed by atoms with van der Waals surface area (Å²) in [4.78, 5) is 18.7. The molecule has 3 N–H and O–H groups in total. The summed E-state index contributed by atoms with van der Waals surface area (Å²) in [5.74, 6) is 1.51. The van der Waals surface area contributed by atoms with Gasteiger partial charge in [0.2, 0.25) is 5.95 Å². The van der Waals surface area contributed by atoms with Gasteiger partial charge in [0.05, 0.1) is 26.1 Å². The first-order valence-electron chi connectivity index (χ1n) is 7.30. The van der Waals surface area contributed by atoms with E-state index in [1.807, 2.05) is 0 Å². The zero-order chi connectivity index (χ0) is 17.5. The number of hydrogen-bond acceptors (Lipinski definition) is 7. The Morgan fingerprint density at radius 2 is 2.17 bits per heavy atom. The van der Waals surface area contributed by atoms with Crippen LogP contribution in [0.3, 0.4) is 0 Å². The van der Waals surface area contributed by atoms with Gasteiger partial charge in [-0.15, -0.1) is 0 Å². The molecular weight excluding hydrogens is 312 g/mol. The molecule has 128 valence electrons. The zero-order valence-electron chi connectivity index (χ0n) is 13.8. The predicted octanol–water partition coefficient (Wildman–Crippen LogP) is 1.08. The van der Waals surface area contributed by atoms with Gasteiger partial charge in [-0.2, -0.15) is 5.10 Å². The van der Waals surface area contributed by atoms with Crippen molar-refractivity contribution in [3.63, 3.8) is 0 Å². The van der Waals surface area contributed by atoms with Gasteiger partial charge in [0.1, 0.15) is 11.5 Å². The number of aromatic nitrogens is 2. The molecule has 0 bridgehead atoms. The number of methoxy groups -OCH3 is 2. The van der Waals surface area contributed by atoms with E-state index in [9.17, 15) is 4.79 Å². The number of ether oxygens (including phenoxy) is 2. The molecule has 1 aromatic heterocycles. The normalized spacial score (nSPS) is 10.8. The van der Waals surface area contributed by atoms with E-state index in [0.717, 1.165) is 5.56 Å². The van der Waals surface area contributed by atoms with Crippen molar-refractivity contribution in [3.8, 4) is 11.5 Å². The molecule has 0 aliphatic heterocycles. The number of hydrazone groups is 1. The van der Waals surface area contributed by atoms with Gasteiger partial charge < -0.3 is 14.6 Å². The first kappa shape index (κ1) is 17.5. The second-order valence-electron chi connectivity index (χ2n) is 4.93. The third-order valence-corrected chi connectivity index (χ3v) is 3.40. The van der Waals surface area contributed by atoms with Crippen LogP contribution in [0.25, 0.3) is 0 Å². The van der Waals surface area contributed by atoms with Gasteiger partial charge in [-0.1, -0.05) is 0 Å². The Morgan fingerprint density at radius 3 is 2.79 bits per heavy atom. The number of benzene rings is 1. The van der Waals surface area contributed by atoms with Crippen LogP contribution in [0.4, 0.5) is 5.95 Å². The number of nitrogens with one attached hydrogen (secondary N) is 2. The highest BCUT2D eigenvalue weighted by atomic mass is 16.5. The van der Waals surface area contributed by atoms with Crippen LogP contribution in [0, 0.1) is 6.92 Å². The second kappa shape index (κ2) is 8.11. The van der Waals surface area contributed by atoms with Crippen molar-refractivity contribution in [1.29, 1.82) is 0 Å². The lowest BCUT2D eigenvalue weighted by atomic mass is 10.2. The molecule has 1 heterocycles. The molecule has 0 fully saturated rings. The molecule has 8 heteroatoms. The molecule has 24 heavy (non-hydrogen) atoms. The molecule has 0 atom stereocenters. The van der Waals surface area contributed by atoms with E-state index >= 15 is 0 Å². The lowest BCUT2D eigenvalue weighted by Gasteiger charge is -2.07. The van der Waals surface area contributed by atoms with E-state index in [1.54, 1.807) is 45.6 Å². The molecule has 0 amide bonds. The Morgan fingerprint density at radius 1 is 1.38 bits per heavy atom. The predicted molar refractivity (Wildman–Crippen MR) is 91.1 cm³/mol. The van der Waals surface area contributed by atoms with Crippen molar-refractivity contribution in [2.45, 2.75) is 13.3 Å². The smallest absolute Gasteiger partial charge is 0.255 e. The van der Waals surface area contributed by atoms with E-state index in [1.165, 1.54) is 0 Å². The van der Waals surface area contributed by atoms with E-state index in [2.05, 4.69) is 20.5 Å². The monoisotopic (exact) mass is 332 g/mol. The first-order chi connectivity index (χ1) is 11.6. The zero-order valence-corrected chi connectivity index (χ0v) is 13.8. The molecule has 8 nitrogen and oxygen atoms in total. The number of anilines is 1. The van der Waals surface area contributed by atoms with Crippen LogP contribution in [0.2, 0.25) is 0 Å². The average Bonchev–Trinajstić information content (AvgIpc) is 2.58. The number of aromatic amines is 1. The minimum absolute atomic E-state index is 0.103. The Hall–Kier alpha value is -2.87. The molecule has 0 radical (unpaired) electrons. The highest BCUT2D eigenvalue weighted by molar-refractivity contribution is 5.84. The van der Waals surface area contributed by atoms with Crippen LogP contribution in [-0.4, -0.2) is 42.1 Å². The van der Waals surface area contributed by atoms with Crippen LogP contribution in [0.15, 0.2) is 28.1 Å². The van der Waals surface area contributed by atoms with Gasteiger partial charge in [-0.25, -0.2) is 10.4 Å². The fourth-order valence-corrected chi connectivity index (χ4v) is 2.16. The van der Waals surface area contributed by atoms with Crippen LogP contribution < -0.4 is 20.5 Å². The minimum atomic E-state index is -0.295. The summed E-state index contributed by atoms with van der Waals surface area (Å²) < 4.78 is 10.4.